The van der Waals surface area contributed by atoms with Gasteiger partial charge < -0.3 is 10.2 Å². The van der Waals surface area contributed by atoms with Crippen molar-refractivity contribution in [3.8, 4) is 0 Å². The van der Waals surface area contributed by atoms with Gasteiger partial charge in [0.05, 0.1) is 11.7 Å². The number of fused-ring (bicyclic) bond motifs is 5. The molecule has 2 nitrogen and oxygen atoms in total. The Morgan fingerprint density at radius 2 is 1.66 bits per heavy atom. The molecule has 1 aromatic carbocycles. The summed E-state index contributed by atoms with van der Waals surface area (Å²) in [5.74, 6) is 2.79. The van der Waals surface area contributed by atoms with Crippen LogP contribution in [-0.2, 0) is 0 Å². The summed E-state index contributed by atoms with van der Waals surface area (Å²) in [4.78, 5) is 0. The van der Waals surface area contributed by atoms with Gasteiger partial charge in [-0.3, -0.25) is 0 Å². The molecule has 5 rings (SSSR count). The SMILES string of the molecule is C[C@]12CC(=Cc3ccccc3)[C@H](O)C[C@@H]1CC[C@H]1[C@H]2CC[C@@]2(C)[C@H]1CC[C@]2(C)O. The number of hydrogen-bond donors (Lipinski definition) is 2. The topological polar surface area (TPSA) is 40.5 Å². The molecular weight excluding hydrogens is 356 g/mol. The maximum absolute atomic E-state index is 11.1. The average molecular weight is 395 g/mol. The Bertz CT molecular complexity index is 796. The van der Waals surface area contributed by atoms with E-state index in [0.717, 1.165) is 37.5 Å². The van der Waals surface area contributed by atoms with Gasteiger partial charge in [0, 0.05) is 0 Å². The van der Waals surface area contributed by atoms with Gasteiger partial charge in [-0.2, -0.15) is 0 Å². The molecule has 158 valence electrons. The van der Waals surface area contributed by atoms with Crippen molar-refractivity contribution in [1.82, 2.24) is 0 Å². The zero-order valence-electron chi connectivity index (χ0n) is 18.4. The van der Waals surface area contributed by atoms with E-state index < -0.39 is 5.60 Å². The average Bonchev–Trinajstić information content (AvgIpc) is 2.93. The van der Waals surface area contributed by atoms with Crippen LogP contribution in [0.4, 0.5) is 0 Å². The second-order valence-corrected chi connectivity index (χ2v) is 11.5. The molecule has 4 aliphatic carbocycles. The van der Waals surface area contributed by atoms with Crippen molar-refractivity contribution < 1.29 is 10.2 Å². The molecule has 0 heterocycles. The van der Waals surface area contributed by atoms with Crippen molar-refractivity contribution in [1.29, 1.82) is 0 Å². The van der Waals surface area contributed by atoms with Gasteiger partial charge in [-0.25, -0.2) is 0 Å². The molecule has 0 aromatic heterocycles. The van der Waals surface area contributed by atoms with Crippen LogP contribution in [0.15, 0.2) is 35.9 Å². The van der Waals surface area contributed by atoms with Gasteiger partial charge in [-0.05, 0) is 104 Å². The van der Waals surface area contributed by atoms with Crippen molar-refractivity contribution in [3.63, 3.8) is 0 Å². The smallest absolute Gasteiger partial charge is 0.0756 e. The molecular formula is C27H38O2. The maximum atomic E-state index is 11.1. The monoisotopic (exact) mass is 394 g/mol. The zero-order chi connectivity index (χ0) is 20.4. The summed E-state index contributed by atoms with van der Waals surface area (Å²) in [5, 5.41) is 22.1. The number of aliphatic hydroxyl groups is 2. The van der Waals surface area contributed by atoms with Crippen LogP contribution in [0, 0.1) is 34.5 Å². The molecule has 1 aromatic rings. The lowest BCUT2D eigenvalue weighted by Crippen LogP contribution is -2.56. The van der Waals surface area contributed by atoms with Crippen LogP contribution in [0.5, 0.6) is 0 Å². The zero-order valence-corrected chi connectivity index (χ0v) is 18.4. The molecule has 4 fully saturated rings. The van der Waals surface area contributed by atoms with E-state index in [-0.39, 0.29) is 11.5 Å². The standard InChI is InChI=1S/C27H38O2/c1-25-17-19(15-18-7-5-4-6-8-18)24(28)16-20(25)9-10-21-22(25)11-13-26(2)23(21)12-14-27(26,3)29/h4-8,15,20-24,28-29H,9-14,16-17H2,1-3H3/t20-,21-,22+,23-,24+,25-,26-,27-/m0/s1. The summed E-state index contributed by atoms with van der Waals surface area (Å²) >= 11 is 0. The van der Waals surface area contributed by atoms with Gasteiger partial charge in [0.1, 0.15) is 0 Å². The highest BCUT2D eigenvalue weighted by Gasteiger charge is 2.63. The lowest BCUT2D eigenvalue weighted by atomic mass is 9.44. The molecule has 0 unspecified atom stereocenters. The lowest BCUT2D eigenvalue weighted by molar-refractivity contribution is -0.146. The summed E-state index contributed by atoms with van der Waals surface area (Å²) in [6, 6.07) is 10.5. The second-order valence-electron chi connectivity index (χ2n) is 11.5. The highest BCUT2D eigenvalue weighted by atomic mass is 16.3. The summed E-state index contributed by atoms with van der Waals surface area (Å²) in [5.41, 5.74) is 2.33. The quantitative estimate of drug-likeness (QED) is 0.629. The molecule has 4 saturated carbocycles. The van der Waals surface area contributed by atoms with Crippen LogP contribution >= 0.6 is 0 Å². The summed E-state index contributed by atoms with van der Waals surface area (Å²) in [6.07, 6.45) is 11.1. The van der Waals surface area contributed by atoms with E-state index in [0.29, 0.717) is 17.3 Å². The molecule has 0 spiro atoms. The largest absolute Gasteiger partial charge is 0.390 e. The van der Waals surface area contributed by atoms with Gasteiger partial charge in [0.15, 0.2) is 0 Å². The van der Waals surface area contributed by atoms with E-state index in [1.165, 1.54) is 36.8 Å². The van der Waals surface area contributed by atoms with E-state index in [2.05, 4.69) is 57.2 Å². The molecule has 0 radical (unpaired) electrons. The molecule has 8 atom stereocenters. The third-order valence-electron chi connectivity index (χ3n) is 10.3. The fourth-order valence-corrected chi connectivity index (χ4v) is 8.33. The molecule has 0 amide bonds. The van der Waals surface area contributed by atoms with Crippen LogP contribution in [-0.4, -0.2) is 21.9 Å². The molecule has 0 bridgehead atoms. The summed E-state index contributed by atoms with van der Waals surface area (Å²) in [6.45, 7) is 7.01. The Hall–Kier alpha value is -1.12. The van der Waals surface area contributed by atoms with Gasteiger partial charge in [0.25, 0.3) is 0 Å². The molecule has 4 aliphatic rings. The molecule has 2 N–H and O–H groups in total. The normalized spacial score (nSPS) is 50.7. The first-order chi connectivity index (χ1) is 13.7. The maximum Gasteiger partial charge on any atom is 0.0756 e. The van der Waals surface area contributed by atoms with Crippen molar-refractivity contribution in [3.05, 3.63) is 41.5 Å². The fraction of sp³-hybridized carbons (Fsp3) is 0.704. The Morgan fingerprint density at radius 1 is 0.931 bits per heavy atom. The van der Waals surface area contributed by atoms with Gasteiger partial charge in [0.2, 0.25) is 0 Å². The van der Waals surface area contributed by atoms with Crippen LogP contribution in [0.25, 0.3) is 6.08 Å². The van der Waals surface area contributed by atoms with E-state index >= 15 is 0 Å². The first-order valence-corrected chi connectivity index (χ1v) is 11.9. The summed E-state index contributed by atoms with van der Waals surface area (Å²) < 4.78 is 0. The minimum absolute atomic E-state index is 0.0915. The van der Waals surface area contributed by atoms with Crippen molar-refractivity contribution in [2.24, 2.45) is 34.5 Å². The predicted molar refractivity (Wildman–Crippen MR) is 118 cm³/mol. The molecule has 29 heavy (non-hydrogen) atoms. The number of hydrogen-bond acceptors (Lipinski definition) is 2. The highest BCUT2D eigenvalue weighted by Crippen LogP contribution is 2.68. The first kappa shape index (κ1) is 19.8. The van der Waals surface area contributed by atoms with Gasteiger partial charge >= 0.3 is 0 Å². The lowest BCUT2D eigenvalue weighted by Gasteiger charge is -2.61. The van der Waals surface area contributed by atoms with Crippen LogP contribution in [0.1, 0.15) is 77.7 Å². The van der Waals surface area contributed by atoms with E-state index in [1.807, 2.05) is 0 Å². The number of aliphatic hydroxyl groups excluding tert-OH is 1. The van der Waals surface area contributed by atoms with Crippen LogP contribution in [0.2, 0.25) is 0 Å². The van der Waals surface area contributed by atoms with E-state index in [9.17, 15) is 10.2 Å². The minimum atomic E-state index is -0.498. The Balaban J connectivity index is 1.46. The Morgan fingerprint density at radius 3 is 2.41 bits per heavy atom. The Kier molecular flexibility index (Phi) is 4.57. The number of benzene rings is 1. The van der Waals surface area contributed by atoms with Crippen molar-refractivity contribution >= 4 is 6.08 Å². The molecule has 0 saturated heterocycles. The third kappa shape index (κ3) is 2.89. The predicted octanol–water partition coefficient (Wildman–Crippen LogP) is 5.83. The first-order valence-electron chi connectivity index (χ1n) is 11.9. The van der Waals surface area contributed by atoms with Crippen molar-refractivity contribution in [2.45, 2.75) is 83.8 Å². The highest BCUT2D eigenvalue weighted by molar-refractivity contribution is 5.54. The third-order valence-corrected chi connectivity index (χ3v) is 10.3. The van der Waals surface area contributed by atoms with Crippen LogP contribution < -0.4 is 0 Å². The van der Waals surface area contributed by atoms with Crippen molar-refractivity contribution in [2.75, 3.05) is 0 Å². The van der Waals surface area contributed by atoms with E-state index in [4.69, 9.17) is 0 Å². The van der Waals surface area contributed by atoms with E-state index in [1.54, 1.807) is 0 Å². The summed E-state index contributed by atoms with van der Waals surface area (Å²) in [7, 11) is 0. The number of rotatable bonds is 1. The molecule has 2 heteroatoms. The minimum Gasteiger partial charge on any atom is -0.390 e. The second kappa shape index (κ2) is 6.69. The Labute approximate surface area is 176 Å². The van der Waals surface area contributed by atoms with Gasteiger partial charge in [-0.1, -0.05) is 50.3 Å². The van der Waals surface area contributed by atoms with Gasteiger partial charge in [-0.15, -0.1) is 0 Å². The fourth-order valence-electron chi connectivity index (χ4n) is 8.33. The molecule has 0 aliphatic heterocycles. The van der Waals surface area contributed by atoms with Crippen LogP contribution in [0.3, 0.4) is 0 Å².